The van der Waals surface area contributed by atoms with E-state index in [4.69, 9.17) is 11.0 Å². The SMILES string of the molecule is CN(CCC#N)C(=O)c1cc(O)ccc1N. The predicted molar refractivity (Wildman–Crippen MR) is 59.7 cm³/mol. The summed E-state index contributed by atoms with van der Waals surface area (Å²) in [4.78, 5) is 13.2. The second-order valence-electron chi connectivity index (χ2n) is 3.41. The molecule has 1 aromatic carbocycles. The Hall–Kier alpha value is -2.22. The number of anilines is 1. The summed E-state index contributed by atoms with van der Waals surface area (Å²) in [6, 6.07) is 6.17. The number of phenolic OH excluding ortho intramolecular Hbond substituents is 1. The molecule has 1 aromatic rings. The van der Waals surface area contributed by atoms with Crippen LogP contribution < -0.4 is 5.73 Å². The number of nitriles is 1. The first-order valence-corrected chi connectivity index (χ1v) is 4.77. The van der Waals surface area contributed by atoms with Gasteiger partial charge in [-0.2, -0.15) is 5.26 Å². The molecule has 5 heteroatoms. The maximum Gasteiger partial charge on any atom is 0.255 e. The third-order valence-corrected chi connectivity index (χ3v) is 2.17. The molecule has 0 fully saturated rings. The average Bonchev–Trinajstić information content (AvgIpc) is 2.28. The van der Waals surface area contributed by atoms with E-state index in [2.05, 4.69) is 0 Å². The van der Waals surface area contributed by atoms with Crippen molar-refractivity contribution < 1.29 is 9.90 Å². The molecule has 0 saturated carbocycles. The molecule has 0 heterocycles. The molecule has 1 amide bonds. The number of amides is 1. The van der Waals surface area contributed by atoms with Gasteiger partial charge in [0.25, 0.3) is 5.91 Å². The Balaban J connectivity index is 2.88. The minimum atomic E-state index is -0.302. The van der Waals surface area contributed by atoms with E-state index in [1.165, 1.54) is 23.1 Å². The molecule has 0 aliphatic heterocycles. The van der Waals surface area contributed by atoms with Crippen molar-refractivity contribution in [1.29, 1.82) is 5.26 Å². The van der Waals surface area contributed by atoms with Crippen LogP contribution >= 0.6 is 0 Å². The molecule has 16 heavy (non-hydrogen) atoms. The van der Waals surface area contributed by atoms with E-state index < -0.39 is 0 Å². The molecule has 5 nitrogen and oxygen atoms in total. The van der Waals surface area contributed by atoms with E-state index in [0.717, 1.165) is 0 Å². The zero-order valence-corrected chi connectivity index (χ0v) is 8.97. The molecule has 0 saturated heterocycles. The van der Waals surface area contributed by atoms with Crippen molar-refractivity contribution >= 4 is 11.6 Å². The van der Waals surface area contributed by atoms with Crippen molar-refractivity contribution in [3.63, 3.8) is 0 Å². The Bertz CT molecular complexity index is 437. The van der Waals surface area contributed by atoms with E-state index in [1.54, 1.807) is 7.05 Å². The van der Waals surface area contributed by atoms with E-state index in [0.29, 0.717) is 12.2 Å². The fourth-order valence-electron chi connectivity index (χ4n) is 1.25. The van der Waals surface area contributed by atoms with Crippen molar-refractivity contribution in [3.05, 3.63) is 23.8 Å². The lowest BCUT2D eigenvalue weighted by Crippen LogP contribution is -2.28. The molecule has 3 N–H and O–H groups in total. The number of phenols is 1. The summed E-state index contributed by atoms with van der Waals surface area (Å²) in [5.74, 6) is -0.310. The van der Waals surface area contributed by atoms with Crippen molar-refractivity contribution in [2.45, 2.75) is 6.42 Å². The van der Waals surface area contributed by atoms with Crippen molar-refractivity contribution in [3.8, 4) is 11.8 Å². The van der Waals surface area contributed by atoms with Crippen LogP contribution in [0.4, 0.5) is 5.69 Å². The molecular formula is C11H13N3O2. The number of benzene rings is 1. The van der Waals surface area contributed by atoms with Crippen LogP contribution in [-0.4, -0.2) is 29.5 Å². The van der Waals surface area contributed by atoms with Gasteiger partial charge >= 0.3 is 0 Å². The number of nitrogens with two attached hydrogens (primary N) is 1. The predicted octanol–water partition coefficient (Wildman–Crippen LogP) is 0.960. The van der Waals surface area contributed by atoms with Crippen molar-refractivity contribution in [2.75, 3.05) is 19.3 Å². The van der Waals surface area contributed by atoms with Gasteiger partial charge in [-0.15, -0.1) is 0 Å². The number of hydrogen-bond acceptors (Lipinski definition) is 4. The summed E-state index contributed by atoms with van der Waals surface area (Å²) in [5, 5.41) is 17.7. The lowest BCUT2D eigenvalue weighted by Gasteiger charge is -2.16. The number of nitrogens with zero attached hydrogens (tertiary/aromatic N) is 2. The van der Waals surface area contributed by atoms with E-state index in [-0.39, 0.29) is 23.6 Å². The molecule has 1 rings (SSSR count). The lowest BCUT2D eigenvalue weighted by atomic mass is 10.1. The number of nitrogen functional groups attached to an aromatic ring is 1. The summed E-state index contributed by atoms with van der Waals surface area (Å²) in [6.07, 6.45) is 0.265. The molecular weight excluding hydrogens is 206 g/mol. The highest BCUT2D eigenvalue weighted by atomic mass is 16.3. The van der Waals surface area contributed by atoms with Gasteiger partial charge in [0.05, 0.1) is 18.1 Å². The van der Waals surface area contributed by atoms with Gasteiger partial charge in [-0.05, 0) is 18.2 Å². The maximum atomic E-state index is 11.8. The van der Waals surface area contributed by atoms with Crippen LogP contribution in [0.2, 0.25) is 0 Å². The fraction of sp³-hybridized carbons (Fsp3) is 0.273. The Labute approximate surface area is 93.7 Å². The second-order valence-corrected chi connectivity index (χ2v) is 3.41. The third-order valence-electron chi connectivity index (χ3n) is 2.17. The second kappa shape index (κ2) is 5.03. The monoisotopic (exact) mass is 219 g/mol. The molecule has 0 aliphatic rings. The summed E-state index contributed by atoms with van der Waals surface area (Å²) in [5.41, 5.74) is 6.20. The van der Waals surface area contributed by atoms with Crippen molar-refractivity contribution in [1.82, 2.24) is 4.90 Å². The zero-order chi connectivity index (χ0) is 12.1. The zero-order valence-electron chi connectivity index (χ0n) is 8.97. The smallest absolute Gasteiger partial charge is 0.255 e. The highest BCUT2D eigenvalue weighted by molar-refractivity contribution is 5.99. The number of carbonyl (C=O) groups is 1. The number of hydrogen-bond donors (Lipinski definition) is 2. The largest absolute Gasteiger partial charge is 0.508 e. The molecule has 0 aliphatic carbocycles. The summed E-state index contributed by atoms with van der Waals surface area (Å²) >= 11 is 0. The number of carbonyl (C=O) groups excluding carboxylic acids is 1. The molecule has 84 valence electrons. The highest BCUT2D eigenvalue weighted by Gasteiger charge is 2.14. The normalized spacial score (nSPS) is 9.50. The molecule has 0 aromatic heterocycles. The molecule has 0 unspecified atom stereocenters. The van der Waals surface area contributed by atoms with Gasteiger partial charge in [-0.1, -0.05) is 0 Å². The summed E-state index contributed by atoms with van der Waals surface area (Å²) in [7, 11) is 1.59. The van der Waals surface area contributed by atoms with Crippen LogP contribution in [0.25, 0.3) is 0 Å². The van der Waals surface area contributed by atoms with Gasteiger partial charge in [0.2, 0.25) is 0 Å². The molecule has 0 bridgehead atoms. The molecule has 0 atom stereocenters. The quantitative estimate of drug-likeness (QED) is 0.585. The minimum absolute atomic E-state index is 0.00812. The Morgan fingerprint density at radius 2 is 2.31 bits per heavy atom. The van der Waals surface area contributed by atoms with Crippen LogP contribution in [0.15, 0.2) is 18.2 Å². The van der Waals surface area contributed by atoms with E-state index >= 15 is 0 Å². The van der Waals surface area contributed by atoms with E-state index in [9.17, 15) is 9.90 Å². The maximum absolute atomic E-state index is 11.8. The van der Waals surface area contributed by atoms with Gasteiger partial charge in [-0.25, -0.2) is 0 Å². The fourth-order valence-corrected chi connectivity index (χ4v) is 1.25. The van der Waals surface area contributed by atoms with Crippen LogP contribution in [0.5, 0.6) is 5.75 Å². The Morgan fingerprint density at radius 3 is 2.94 bits per heavy atom. The molecule has 0 radical (unpaired) electrons. The van der Waals surface area contributed by atoms with Crippen LogP contribution in [0.3, 0.4) is 0 Å². The number of rotatable bonds is 3. The van der Waals surface area contributed by atoms with Crippen LogP contribution in [0.1, 0.15) is 16.8 Å². The lowest BCUT2D eigenvalue weighted by molar-refractivity contribution is 0.0798. The summed E-state index contributed by atoms with van der Waals surface area (Å²) < 4.78 is 0. The third kappa shape index (κ3) is 2.64. The first-order chi connectivity index (χ1) is 7.56. The van der Waals surface area contributed by atoms with E-state index in [1.807, 2.05) is 6.07 Å². The van der Waals surface area contributed by atoms with Crippen molar-refractivity contribution in [2.24, 2.45) is 0 Å². The summed E-state index contributed by atoms with van der Waals surface area (Å²) in [6.45, 7) is 0.338. The van der Waals surface area contributed by atoms with Crippen LogP contribution in [0, 0.1) is 11.3 Å². The van der Waals surface area contributed by atoms with Gasteiger partial charge in [0.1, 0.15) is 5.75 Å². The van der Waals surface area contributed by atoms with Gasteiger partial charge in [0, 0.05) is 19.3 Å². The minimum Gasteiger partial charge on any atom is -0.508 e. The first kappa shape index (κ1) is 11.9. The Kier molecular flexibility index (Phi) is 3.72. The average molecular weight is 219 g/mol. The van der Waals surface area contributed by atoms with Gasteiger partial charge in [0.15, 0.2) is 0 Å². The van der Waals surface area contributed by atoms with Gasteiger partial charge < -0.3 is 15.7 Å². The standard InChI is InChI=1S/C11H13N3O2/c1-14(6-2-5-12)11(16)9-7-8(15)3-4-10(9)13/h3-4,7,15H,2,6,13H2,1H3. The first-order valence-electron chi connectivity index (χ1n) is 4.77. The van der Waals surface area contributed by atoms with Crippen LogP contribution in [-0.2, 0) is 0 Å². The topological polar surface area (TPSA) is 90.3 Å². The number of aromatic hydroxyl groups is 1. The highest BCUT2D eigenvalue weighted by Crippen LogP contribution is 2.19. The van der Waals surface area contributed by atoms with Gasteiger partial charge in [-0.3, -0.25) is 4.79 Å². The molecule has 0 spiro atoms. The Morgan fingerprint density at radius 1 is 1.62 bits per heavy atom.